The molecule has 4 atom stereocenters. The van der Waals surface area contributed by atoms with Gasteiger partial charge in [-0.2, -0.15) is 0 Å². The smallest absolute Gasteiger partial charge is 0.216 e. The lowest BCUT2D eigenvalue weighted by atomic mass is 10.1. The number of aliphatic imine (C=N–C) groups is 1. The molecule has 1 aliphatic heterocycles. The second-order valence-corrected chi connectivity index (χ2v) is 7.94. The largest absolute Gasteiger partial charge is 0.394 e. The average molecular weight is 552 g/mol. The monoisotopic (exact) mass is 551 g/mol. The van der Waals surface area contributed by atoms with Gasteiger partial charge in [0.1, 0.15) is 24.6 Å². The van der Waals surface area contributed by atoms with E-state index in [1.807, 2.05) is 0 Å². The zero-order valence-corrected chi connectivity index (χ0v) is 21.5. The maximum Gasteiger partial charge on any atom is 0.216 e. The van der Waals surface area contributed by atoms with Gasteiger partial charge in [0.15, 0.2) is 12.1 Å². The van der Waals surface area contributed by atoms with Crippen molar-refractivity contribution in [3.63, 3.8) is 0 Å². The van der Waals surface area contributed by atoms with E-state index >= 15 is 0 Å². The Balaban J connectivity index is 1.40. The first-order valence-corrected chi connectivity index (χ1v) is 12.5. The molecule has 2 rings (SSSR count). The van der Waals surface area contributed by atoms with E-state index in [4.69, 9.17) is 44.0 Å². The van der Waals surface area contributed by atoms with Gasteiger partial charge >= 0.3 is 0 Å². The molecule has 0 aliphatic carbocycles. The molecule has 6 N–H and O–H groups in total. The summed E-state index contributed by atoms with van der Waals surface area (Å²) in [5, 5.41) is 41.8. The highest BCUT2D eigenvalue weighted by Crippen LogP contribution is 2.28. The third-order valence-electron chi connectivity index (χ3n) is 5.13. The minimum atomic E-state index is -1.26. The van der Waals surface area contributed by atoms with Crippen molar-refractivity contribution in [2.75, 3.05) is 99.0 Å². The SMILES string of the molecule is NC(=NCCOCCOCCOCCOCCOCCOCCO)c1ncn([C@@H]2O[C@H](CO)[C@@H](O)[C@H]2O)n1. The zero-order chi connectivity index (χ0) is 27.4. The average Bonchev–Trinajstić information content (AvgIpc) is 3.52. The molecular weight excluding hydrogens is 510 g/mol. The van der Waals surface area contributed by atoms with Crippen molar-refractivity contribution in [2.45, 2.75) is 24.5 Å². The van der Waals surface area contributed by atoms with Crippen molar-refractivity contribution < 1.29 is 53.6 Å². The van der Waals surface area contributed by atoms with Crippen molar-refractivity contribution in [3.05, 3.63) is 12.2 Å². The number of aliphatic hydroxyl groups excluding tert-OH is 4. The van der Waals surface area contributed by atoms with Gasteiger partial charge in [0.2, 0.25) is 5.82 Å². The van der Waals surface area contributed by atoms with Crippen molar-refractivity contribution in [3.8, 4) is 0 Å². The van der Waals surface area contributed by atoms with Crippen molar-refractivity contribution >= 4 is 5.84 Å². The molecule has 0 unspecified atom stereocenters. The fraction of sp³-hybridized carbons (Fsp3) is 0.864. The molecule has 0 saturated carbocycles. The lowest BCUT2D eigenvalue weighted by molar-refractivity contribution is -0.0588. The Kier molecular flexibility index (Phi) is 17.2. The molecule has 1 aromatic rings. The van der Waals surface area contributed by atoms with Crippen LogP contribution in [0.3, 0.4) is 0 Å². The molecule has 1 aliphatic rings. The highest BCUT2D eigenvalue weighted by atomic mass is 16.6. The van der Waals surface area contributed by atoms with Gasteiger partial charge in [0.25, 0.3) is 0 Å². The number of aliphatic hydroxyl groups is 4. The number of rotatable bonds is 23. The standard InChI is InChI=1S/C22H41N5O11/c23-20(21-25-16-27(26-21)22-19(31)18(30)17(15-29)38-22)24-1-3-32-5-7-34-9-11-36-13-14-37-12-10-35-8-6-33-4-2-28/h16-19,22,28-31H,1-15H2,(H2,23,24)/t17-,18-,19-,22-/m1/s1. The summed E-state index contributed by atoms with van der Waals surface area (Å²) >= 11 is 0. The fourth-order valence-electron chi connectivity index (χ4n) is 3.18. The van der Waals surface area contributed by atoms with Crippen LogP contribution in [-0.4, -0.2) is 158 Å². The zero-order valence-electron chi connectivity index (χ0n) is 21.5. The Hall–Kier alpha value is -1.83. The maximum atomic E-state index is 10.1. The van der Waals surface area contributed by atoms with Gasteiger partial charge in [0, 0.05) is 0 Å². The summed E-state index contributed by atoms with van der Waals surface area (Å²) in [5.41, 5.74) is 5.90. The number of nitrogens with zero attached hydrogens (tertiary/aromatic N) is 4. The molecule has 16 heteroatoms. The molecule has 0 amide bonds. The molecule has 0 aromatic carbocycles. The summed E-state index contributed by atoms with van der Waals surface area (Å²) < 4.78 is 38.6. The summed E-state index contributed by atoms with van der Waals surface area (Å²) in [6.45, 7) is 5.01. The minimum absolute atomic E-state index is 0.0101. The van der Waals surface area contributed by atoms with Crippen LogP contribution in [0.5, 0.6) is 0 Å². The van der Waals surface area contributed by atoms with Gasteiger partial charge in [-0.1, -0.05) is 0 Å². The van der Waals surface area contributed by atoms with E-state index in [1.165, 1.54) is 11.0 Å². The normalized spacial score (nSPS) is 21.9. The first-order chi connectivity index (χ1) is 18.6. The van der Waals surface area contributed by atoms with Gasteiger partial charge in [-0.3, -0.25) is 4.99 Å². The van der Waals surface area contributed by atoms with E-state index in [2.05, 4.69) is 15.1 Å². The van der Waals surface area contributed by atoms with Crippen LogP contribution in [-0.2, 0) is 33.2 Å². The Morgan fingerprint density at radius 1 is 0.816 bits per heavy atom. The van der Waals surface area contributed by atoms with E-state index in [9.17, 15) is 15.3 Å². The predicted octanol–water partition coefficient (Wildman–Crippen LogP) is -3.31. The summed E-state index contributed by atoms with van der Waals surface area (Å²) in [5.74, 6) is 0.234. The molecule has 1 fully saturated rings. The van der Waals surface area contributed by atoms with E-state index < -0.39 is 31.1 Å². The summed E-state index contributed by atoms with van der Waals surface area (Å²) in [6, 6.07) is 0. The van der Waals surface area contributed by atoms with Crippen LogP contribution in [0.4, 0.5) is 0 Å². The van der Waals surface area contributed by atoms with Crippen LogP contribution < -0.4 is 5.73 Å². The molecule has 0 radical (unpaired) electrons. The summed E-state index contributed by atoms with van der Waals surface area (Å²) in [6.07, 6.45) is -3.09. The van der Waals surface area contributed by atoms with Gasteiger partial charge in [-0.05, 0) is 0 Å². The van der Waals surface area contributed by atoms with Crippen LogP contribution in [0.1, 0.15) is 12.1 Å². The van der Waals surface area contributed by atoms with E-state index in [0.29, 0.717) is 85.8 Å². The molecule has 1 saturated heterocycles. The number of hydrogen-bond acceptors (Lipinski definition) is 14. The van der Waals surface area contributed by atoms with Crippen molar-refractivity contribution in [2.24, 2.45) is 10.7 Å². The molecule has 16 nitrogen and oxygen atoms in total. The van der Waals surface area contributed by atoms with E-state index in [0.717, 1.165) is 0 Å². The van der Waals surface area contributed by atoms with Crippen LogP contribution in [0.25, 0.3) is 0 Å². The van der Waals surface area contributed by atoms with Gasteiger partial charge in [0.05, 0.1) is 99.0 Å². The minimum Gasteiger partial charge on any atom is -0.394 e. The molecule has 38 heavy (non-hydrogen) atoms. The molecule has 1 aromatic heterocycles. The molecule has 0 bridgehead atoms. The Morgan fingerprint density at radius 3 is 1.79 bits per heavy atom. The predicted molar refractivity (Wildman–Crippen MR) is 131 cm³/mol. The summed E-state index contributed by atoms with van der Waals surface area (Å²) in [7, 11) is 0. The Labute approximate surface area is 221 Å². The fourth-order valence-corrected chi connectivity index (χ4v) is 3.18. The van der Waals surface area contributed by atoms with Crippen molar-refractivity contribution in [1.82, 2.24) is 14.8 Å². The Morgan fingerprint density at radius 2 is 1.32 bits per heavy atom. The van der Waals surface area contributed by atoms with Crippen molar-refractivity contribution in [1.29, 1.82) is 0 Å². The highest BCUT2D eigenvalue weighted by Gasteiger charge is 2.44. The second kappa shape index (κ2) is 20.1. The van der Waals surface area contributed by atoms with Crippen LogP contribution >= 0.6 is 0 Å². The third kappa shape index (κ3) is 12.4. The van der Waals surface area contributed by atoms with Crippen LogP contribution in [0.2, 0.25) is 0 Å². The lowest BCUT2D eigenvalue weighted by Crippen LogP contribution is -2.33. The lowest BCUT2D eigenvalue weighted by Gasteiger charge is -2.13. The van der Waals surface area contributed by atoms with Gasteiger partial charge in [-0.25, -0.2) is 9.67 Å². The number of nitrogens with two attached hydrogens (primary N) is 1. The first-order valence-electron chi connectivity index (χ1n) is 12.5. The topological polar surface area (TPSA) is 215 Å². The molecule has 220 valence electrons. The van der Waals surface area contributed by atoms with Gasteiger partial charge in [-0.15, -0.1) is 5.10 Å². The Bertz CT molecular complexity index is 757. The number of hydrogen-bond donors (Lipinski definition) is 5. The first kappa shape index (κ1) is 32.4. The molecular formula is C22H41N5O11. The number of ether oxygens (including phenoxy) is 7. The highest BCUT2D eigenvalue weighted by molar-refractivity contribution is 5.93. The quantitative estimate of drug-likeness (QED) is 0.0511. The van der Waals surface area contributed by atoms with E-state index in [1.54, 1.807) is 0 Å². The number of amidine groups is 1. The molecule has 0 spiro atoms. The van der Waals surface area contributed by atoms with Crippen LogP contribution in [0.15, 0.2) is 11.3 Å². The van der Waals surface area contributed by atoms with Gasteiger partial charge < -0.3 is 59.3 Å². The van der Waals surface area contributed by atoms with E-state index in [-0.39, 0.29) is 18.3 Å². The number of aromatic nitrogens is 3. The maximum absolute atomic E-state index is 10.1. The third-order valence-corrected chi connectivity index (χ3v) is 5.13. The second-order valence-electron chi connectivity index (χ2n) is 7.94. The van der Waals surface area contributed by atoms with Crippen LogP contribution in [0, 0.1) is 0 Å². The summed E-state index contributed by atoms with van der Waals surface area (Å²) in [4.78, 5) is 8.20. The molecule has 2 heterocycles.